The van der Waals surface area contributed by atoms with E-state index in [9.17, 15) is 14.7 Å². The normalized spacial score (nSPS) is 23.8. The summed E-state index contributed by atoms with van der Waals surface area (Å²) >= 11 is 0. The van der Waals surface area contributed by atoms with Gasteiger partial charge in [-0.2, -0.15) is 0 Å². The zero-order valence-electron chi connectivity index (χ0n) is 22.8. The van der Waals surface area contributed by atoms with Crippen LogP contribution in [-0.2, 0) is 17.8 Å². The average Bonchev–Trinajstić information content (AvgIpc) is 3.67. The number of carboxylic acid groups (broad SMARTS) is 1. The second-order valence-electron chi connectivity index (χ2n) is 11.8. The number of aromatic nitrogens is 1. The van der Waals surface area contributed by atoms with Crippen LogP contribution in [0.5, 0.6) is 0 Å². The Morgan fingerprint density at radius 3 is 2.58 bits per heavy atom. The summed E-state index contributed by atoms with van der Waals surface area (Å²) in [6, 6.07) is 13.7. The van der Waals surface area contributed by atoms with E-state index in [1.165, 1.54) is 5.56 Å². The van der Waals surface area contributed by atoms with E-state index in [0.29, 0.717) is 19.1 Å². The minimum absolute atomic E-state index is 0.00586. The summed E-state index contributed by atoms with van der Waals surface area (Å²) in [6.07, 6.45) is 7.64. The highest BCUT2D eigenvalue weighted by Gasteiger charge is 2.46. The Kier molecular flexibility index (Phi) is 6.38. The number of urea groups is 1. The first-order valence-electron chi connectivity index (χ1n) is 14.6. The molecule has 2 bridgehead atoms. The second kappa shape index (κ2) is 10.1. The Morgan fingerprint density at radius 1 is 1.07 bits per heavy atom. The number of fused-ring (bicyclic) bond motifs is 3. The Morgan fingerprint density at radius 2 is 1.85 bits per heavy atom. The van der Waals surface area contributed by atoms with E-state index in [4.69, 9.17) is 9.26 Å². The van der Waals surface area contributed by atoms with Crippen molar-refractivity contribution in [3.05, 3.63) is 70.5 Å². The lowest BCUT2D eigenvalue weighted by atomic mass is 9.97. The number of rotatable bonds is 6. The lowest BCUT2D eigenvalue weighted by Gasteiger charge is -2.42. The number of hydrogen-bond donors (Lipinski definition) is 1. The maximum atomic E-state index is 13.9. The number of amides is 2. The van der Waals surface area contributed by atoms with Crippen molar-refractivity contribution in [3.63, 3.8) is 0 Å². The van der Waals surface area contributed by atoms with Crippen LogP contribution in [-0.4, -0.2) is 51.9 Å². The first-order chi connectivity index (χ1) is 19.5. The molecule has 0 spiro atoms. The Bertz CT molecular complexity index is 1450. The second-order valence-corrected chi connectivity index (χ2v) is 11.8. The monoisotopic (exact) mass is 541 g/mol. The van der Waals surface area contributed by atoms with Gasteiger partial charge in [0.15, 0.2) is 0 Å². The number of carbonyl (C=O) groups is 2. The van der Waals surface area contributed by atoms with E-state index in [1.807, 2.05) is 23.1 Å². The van der Waals surface area contributed by atoms with Crippen molar-refractivity contribution in [1.82, 2.24) is 10.1 Å². The van der Waals surface area contributed by atoms with E-state index in [-0.39, 0.29) is 29.8 Å². The molecule has 1 aliphatic carbocycles. The molecule has 2 unspecified atom stereocenters. The number of carbonyl (C=O) groups excluding carboxylic acids is 1. The number of anilines is 1. The highest BCUT2D eigenvalue weighted by molar-refractivity contribution is 5.96. The number of nitrogens with zero attached hydrogens (tertiary/aromatic N) is 3. The van der Waals surface area contributed by atoms with Crippen LogP contribution in [0.25, 0.3) is 11.3 Å². The highest BCUT2D eigenvalue weighted by Crippen LogP contribution is 2.45. The molecule has 2 atom stereocenters. The summed E-state index contributed by atoms with van der Waals surface area (Å²) < 4.78 is 12.4. The van der Waals surface area contributed by atoms with Gasteiger partial charge >= 0.3 is 12.0 Å². The van der Waals surface area contributed by atoms with Gasteiger partial charge in [-0.3, -0.25) is 4.90 Å². The fourth-order valence-electron chi connectivity index (χ4n) is 7.00. The molecule has 3 aliphatic heterocycles. The number of carboxylic acids is 1. The molecular formula is C32H35N3O5. The van der Waals surface area contributed by atoms with Gasteiger partial charge in [-0.15, -0.1) is 0 Å². The molecule has 2 aromatic carbocycles. The van der Waals surface area contributed by atoms with Gasteiger partial charge in [0, 0.05) is 41.4 Å². The largest absolute Gasteiger partial charge is 0.478 e. The summed E-state index contributed by atoms with van der Waals surface area (Å²) in [7, 11) is 0. The van der Waals surface area contributed by atoms with Crippen molar-refractivity contribution in [2.75, 3.05) is 11.4 Å². The third kappa shape index (κ3) is 4.48. The van der Waals surface area contributed by atoms with E-state index in [2.05, 4.69) is 29.1 Å². The third-order valence-electron chi connectivity index (χ3n) is 9.22. The molecule has 0 radical (unpaired) electrons. The number of benzene rings is 2. The lowest BCUT2D eigenvalue weighted by molar-refractivity contribution is -0.0165. The molecule has 40 heavy (non-hydrogen) atoms. The van der Waals surface area contributed by atoms with E-state index < -0.39 is 5.97 Å². The quantitative estimate of drug-likeness (QED) is 0.393. The van der Waals surface area contributed by atoms with Gasteiger partial charge in [0.05, 0.1) is 18.3 Å². The van der Waals surface area contributed by atoms with Crippen LogP contribution in [0.15, 0.2) is 47.0 Å². The predicted octanol–water partition coefficient (Wildman–Crippen LogP) is 6.31. The van der Waals surface area contributed by atoms with Crippen molar-refractivity contribution >= 4 is 17.7 Å². The molecule has 8 heteroatoms. The molecule has 4 aliphatic rings. The zero-order valence-corrected chi connectivity index (χ0v) is 22.8. The Balaban J connectivity index is 1.07. The van der Waals surface area contributed by atoms with Crippen molar-refractivity contribution < 1.29 is 24.0 Å². The Hall–Kier alpha value is -3.65. The molecule has 2 saturated heterocycles. The maximum Gasteiger partial charge on any atom is 0.335 e. The zero-order chi connectivity index (χ0) is 27.4. The standard InChI is InChI=1S/C32H35N3O5/c1-19-5-2-3-7-26(19)29-27(30(40-33-29)21-9-10-21)18-39-25-16-23-12-13-24(17-25)35(23)32(38)34-14-4-6-20-8-11-22(31(36)37)15-28(20)34/h2-3,5,7-8,11,15,21,23-25H,4,6,9-10,12-14,16-18H2,1H3,(H,36,37). The minimum atomic E-state index is -0.970. The molecular weight excluding hydrogens is 506 g/mol. The molecule has 3 aromatic rings. The minimum Gasteiger partial charge on any atom is -0.478 e. The number of ether oxygens (including phenoxy) is 1. The van der Waals surface area contributed by atoms with Crippen LogP contribution in [0.4, 0.5) is 10.5 Å². The van der Waals surface area contributed by atoms with Crippen LogP contribution in [0, 0.1) is 6.92 Å². The summed E-state index contributed by atoms with van der Waals surface area (Å²) in [6.45, 7) is 3.18. The van der Waals surface area contributed by atoms with Gasteiger partial charge in [-0.1, -0.05) is 35.5 Å². The van der Waals surface area contributed by atoms with Gasteiger partial charge in [0.1, 0.15) is 11.5 Å². The van der Waals surface area contributed by atoms with Crippen LogP contribution in [0.3, 0.4) is 0 Å². The smallest absolute Gasteiger partial charge is 0.335 e. The highest BCUT2D eigenvalue weighted by atomic mass is 16.5. The molecule has 4 heterocycles. The van der Waals surface area contributed by atoms with Gasteiger partial charge in [0.25, 0.3) is 0 Å². The van der Waals surface area contributed by atoms with Crippen LogP contribution >= 0.6 is 0 Å². The average molecular weight is 542 g/mol. The lowest BCUT2D eigenvalue weighted by Crippen LogP contribution is -2.54. The summed E-state index contributed by atoms with van der Waals surface area (Å²) in [5.41, 5.74) is 6.22. The van der Waals surface area contributed by atoms with Gasteiger partial charge in [0.2, 0.25) is 0 Å². The van der Waals surface area contributed by atoms with E-state index >= 15 is 0 Å². The fourth-order valence-corrected chi connectivity index (χ4v) is 7.00. The van der Waals surface area contributed by atoms with Crippen molar-refractivity contribution in [1.29, 1.82) is 0 Å². The molecule has 7 rings (SSSR count). The molecule has 208 valence electrons. The van der Waals surface area contributed by atoms with Gasteiger partial charge in [-0.05, 0) is 81.5 Å². The maximum absolute atomic E-state index is 13.9. The van der Waals surface area contributed by atoms with Gasteiger partial charge < -0.3 is 19.3 Å². The van der Waals surface area contributed by atoms with Crippen molar-refractivity contribution in [2.45, 2.75) is 89.0 Å². The first kappa shape index (κ1) is 25.3. The summed E-state index contributed by atoms with van der Waals surface area (Å²) in [4.78, 5) is 29.4. The number of hydrogen-bond acceptors (Lipinski definition) is 5. The summed E-state index contributed by atoms with van der Waals surface area (Å²) in [5, 5.41) is 14.0. The van der Waals surface area contributed by atoms with Crippen molar-refractivity contribution in [3.8, 4) is 11.3 Å². The summed E-state index contributed by atoms with van der Waals surface area (Å²) in [5.74, 6) is 0.439. The molecule has 1 N–H and O–H groups in total. The van der Waals surface area contributed by atoms with E-state index in [1.54, 1.807) is 12.1 Å². The molecule has 8 nitrogen and oxygen atoms in total. The molecule has 2 amide bonds. The molecule has 1 aromatic heterocycles. The van der Waals surface area contributed by atoms with Crippen LogP contribution in [0.1, 0.15) is 83.7 Å². The fraction of sp³-hybridized carbons (Fsp3) is 0.469. The van der Waals surface area contributed by atoms with Crippen molar-refractivity contribution in [2.24, 2.45) is 0 Å². The molecule has 1 saturated carbocycles. The predicted molar refractivity (Wildman–Crippen MR) is 150 cm³/mol. The molecule has 3 fully saturated rings. The topological polar surface area (TPSA) is 96.1 Å². The number of aryl methyl sites for hydroxylation is 2. The van der Waals surface area contributed by atoms with E-state index in [0.717, 1.165) is 85.2 Å². The third-order valence-corrected chi connectivity index (χ3v) is 9.22. The number of piperidine rings is 1. The Labute approximate surface area is 233 Å². The first-order valence-corrected chi connectivity index (χ1v) is 14.6. The van der Waals surface area contributed by atoms with Gasteiger partial charge in [-0.25, -0.2) is 9.59 Å². The number of aromatic carboxylic acids is 1. The SMILES string of the molecule is Cc1ccccc1-c1noc(C2CC2)c1COC1CC2CCC(C1)N2C(=O)N1CCCc2ccc(C(=O)O)cc21. The van der Waals surface area contributed by atoms with Crippen LogP contribution < -0.4 is 4.90 Å². The van der Waals surface area contributed by atoms with Crippen LogP contribution in [0.2, 0.25) is 0 Å².